The molecule has 2 amide bonds. The predicted octanol–water partition coefficient (Wildman–Crippen LogP) is 3.01. The fourth-order valence-electron chi connectivity index (χ4n) is 2.31. The van der Waals surface area contributed by atoms with Crippen LogP contribution in [0.15, 0.2) is 42.1 Å². The van der Waals surface area contributed by atoms with E-state index in [0.29, 0.717) is 11.1 Å². The molecule has 126 valence electrons. The first-order valence-electron chi connectivity index (χ1n) is 8.12. The van der Waals surface area contributed by atoms with Gasteiger partial charge in [-0.3, -0.25) is 14.5 Å². The molecule has 0 radical (unpaired) electrons. The van der Waals surface area contributed by atoms with Crippen molar-refractivity contribution in [3.63, 3.8) is 0 Å². The minimum absolute atomic E-state index is 0.0874. The van der Waals surface area contributed by atoms with Gasteiger partial charge in [-0.2, -0.15) is 0 Å². The van der Waals surface area contributed by atoms with Crippen molar-refractivity contribution in [1.82, 2.24) is 10.2 Å². The maximum Gasteiger partial charge on any atom is 0.262 e. The lowest BCUT2D eigenvalue weighted by atomic mass is 10.0. The Morgan fingerprint density at radius 2 is 1.83 bits per heavy atom. The smallest absolute Gasteiger partial charge is 0.262 e. The molecule has 0 spiro atoms. The second-order valence-electron chi connectivity index (χ2n) is 7.28. The van der Waals surface area contributed by atoms with E-state index in [1.54, 1.807) is 23.2 Å². The van der Waals surface area contributed by atoms with Crippen molar-refractivity contribution in [3.8, 4) is 11.5 Å². The average molecular weight is 340 g/mol. The molecule has 0 saturated carbocycles. The third-order valence-corrected chi connectivity index (χ3v) is 4.43. The fourth-order valence-corrected chi connectivity index (χ4v) is 2.82. The Balaban J connectivity index is 2.42. The van der Waals surface area contributed by atoms with Crippen molar-refractivity contribution in [1.29, 1.82) is 0 Å². The van der Waals surface area contributed by atoms with Crippen LogP contribution in [0.4, 0.5) is 0 Å². The summed E-state index contributed by atoms with van der Waals surface area (Å²) in [5.41, 5.74) is 4.12. The lowest BCUT2D eigenvalue weighted by Crippen LogP contribution is -2.54. The van der Waals surface area contributed by atoms with Gasteiger partial charge in [0.25, 0.3) is 11.8 Å². The van der Waals surface area contributed by atoms with E-state index in [9.17, 15) is 9.59 Å². The number of nitrogens with one attached hydrogen (secondary N) is 1. The predicted molar refractivity (Wildman–Crippen MR) is 98.6 cm³/mol. The van der Waals surface area contributed by atoms with E-state index in [1.807, 2.05) is 32.0 Å². The van der Waals surface area contributed by atoms with Crippen LogP contribution in [-0.2, 0) is 4.79 Å². The molecule has 2 rings (SSSR count). The van der Waals surface area contributed by atoms with Crippen LogP contribution in [0.1, 0.15) is 24.2 Å². The number of benzene rings is 1. The minimum Gasteiger partial charge on any atom is -0.331 e. The molecule has 1 aromatic carbocycles. The van der Waals surface area contributed by atoms with Crippen molar-refractivity contribution in [2.45, 2.75) is 39.7 Å². The van der Waals surface area contributed by atoms with E-state index in [0.717, 1.165) is 0 Å². The summed E-state index contributed by atoms with van der Waals surface area (Å²) < 4.78 is 0. The molecule has 0 saturated heterocycles. The SMILES string of the molecule is CC(C)[C@H]1NC(=O)C(C#C[Si](C)(C)C)=CN1C(=O)c1ccccc1. The van der Waals surface area contributed by atoms with Crippen LogP contribution in [0.25, 0.3) is 0 Å². The van der Waals surface area contributed by atoms with Gasteiger partial charge in [-0.05, 0) is 18.1 Å². The summed E-state index contributed by atoms with van der Waals surface area (Å²) in [7, 11) is -1.61. The third kappa shape index (κ3) is 4.36. The number of rotatable bonds is 2. The summed E-state index contributed by atoms with van der Waals surface area (Å²) in [6.07, 6.45) is 1.23. The Bertz CT molecular complexity index is 721. The van der Waals surface area contributed by atoms with Crippen LogP contribution in [-0.4, -0.2) is 31.0 Å². The molecule has 24 heavy (non-hydrogen) atoms. The number of hydrogen-bond donors (Lipinski definition) is 1. The lowest BCUT2D eigenvalue weighted by Gasteiger charge is -2.36. The molecule has 1 aliphatic rings. The van der Waals surface area contributed by atoms with E-state index in [4.69, 9.17) is 0 Å². The van der Waals surface area contributed by atoms with Crippen LogP contribution < -0.4 is 5.32 Å². The second-order valence-corrected chi connectivity index (χ2v) is 12.0. The normalized spacial score (nSPS) is 17.8. The van der Waals surface area contributed by atoms with E-state index in [2.05, 4.69) is 36.4 Å². The minimum atomic E-state index is -1.61. The highest BCUT2D eigenvalue weighted by Crippen LogP contribution is 2.19. The Kier molecular flexibility index (Phi) is 5.30. The zero-order valence-electron chi connectivity index (χ0n) is 14.9. The molecule has 4 nitrogen and oxygen atoms in total. The highest BCUT2D eigenvalue weighted by Gasteiger charge is 2.32. The molecule has 0 bridgehead atoms. The maximum absolute atomic E-state index is 12.9. The zero-order valence-corrected chi connectivity index (χ0v) is 15.9. The van der Waals surface area contributed by atoms with Gasteiger partial charge in [0.1, 0.15) is 19.8 Å². The Labute approximate surface area is 144 Å². The van der Waals surface area contributed by atoms with Crippen molar-refractivity contribution >= 4 is 19.9 Å². The summed E-state index contributed by atoms with van der Waals surface area (Å²) in [5.74, 6) is 2.71. The van der Waals surface area contributed by atoms with Crippen molar-refractivity contribution in [2.24, 2.45) is 5.92 Å². The van der Waals surface area contributed by atoms with Crippen LogP contribution in [0.5, 0.6) is 0 Å². The summed E-state index contributed by atoms with van der Waals surface area (Å²) in [6.45, 7) is 10.3. The first-order chi connectivity index (χ1) is 11.2. The molecule has 0 aromatic heterocycles. The molecular formula is C19H24N2O2Si. The second kappa shape index (κ2) is 7.06. The summed E-state index contributed by atoms with van der Waals surface area (Å²) in [4.78, 5) is 26.8. The highest BCUT2D eigenvalue weighted by atomic mass is 28.3. The number of carbonyl (C=O) groups is 2. The van der Waals surface area contributed by atoms with E-state index < -0.39 is 8.07 Å². The van der Waals surface area contributed by atoms with Gasteiger partial charge in [0, 0.05) is 11.8 Å². The number of amides is 2. The van der Waals surface area contributed by atoms with Crippen molar-refractivity contribution in [2.75, 3.05) is 0 Å². The molecule has 1 atom stereocenters. The highest BCUT2D eigenvalue weighted by molar-refractivity contribution is 6.83. The van der Waals surface area contributed by atoms with Gasteiger partial charge in [-0.1, -0.05) is 57.6 Å². The molecular weight excluding hydrogens is 316 g/mol. The van der Waals surface area contributed by atoms with Crippen LogP contribution >= 0.6 is 0 Å². The quantitative estimate of drug-likeness (QED) is 0.664. The number of carbonyl (C=O) groups excluding carboxylic acids is 2. The van der Waals surface area contributed by atoms with Crippen LogP contribution in [0.2, 0.25) is 19.6 Å². The summed E-state index contributed by atoms with van der Waals surface area (Å²) in [5, 5.41) is 2.91. The van der Waals surface area contributed by atoms with Gasteiger partial charge in [-0.15, -0.1) is 5.54 Å². The molecule has 0 unspecified atom stereocenters. The Morgan fingerprint density at radius 3 is 2.38 bits per heavy atom. The zero-order chi connectivity index (χ0) is 17.9. The van der Waals surface area contributed by atoms with E-state index in [-0.39, 0.29) is 23.9 Å². The molecule has 1 aliphatic heterocycles. The third-order valence-electron chi connectivity index (χ3n) is 3.55. The number of hydrogen-bond acceptors (Lipinski definition) is 2. The molecule has 1 aromatic rings. The fraction of sp³-hybridized carbons (Fsp3) is 0.368. The maximum atomic E-state index is 12.9. The van der Waals surface area contributed by atoms with Crippen LogP contribution in [0, 0.1) is 17.4 Å². The molecule has 1 heterocycles. The van der Waals surface area contributed by atoms with Gasteiger partial charge < -0.3 is 5.32 Å². The topological polar surface area (TPSA) is 49.4 Å². The summed E-state index contributed by atoms with van der Waals surface area (Å²) in [6, 6.07) is 9.08. The number of nitrogens with zero attached hydrogens (tertiary/aromatic N) is 1. The Morgan fingerprint density at radius 1 is 1.21 bits per heavy atom. The molecule has 0 aliphatic carbocycles. The average Bonchev–Trinajstić information content (AvgIpc) is 2.52. The van der Waals surface area contributed by atoms with Gasteiger partial charge in [0.15, 0.2) is 0 Å². The largest absolute Gasteiger partial charge is 0.331 e. The van der Waals surface area contributed by atoms with Gasteiger partial charge in [0.05, 0.1) is 0 Å². The van der Waals surface area contributed by atoms with Crippen LogP contribution in [0.3, 0.4) is 0 Å². The van der Waals surface area contributed by atoms with E-state index in [1.165, 1.54) is 0 Å². The Hall–Kier alpha value is -2.32. The van der Waals surface area contributed by atoms with Gasteiger partial charge in [-0.25, -0.2) is 0 Å². The molecule has 0 fully saturated rings. The van der Waals surface area contributed by atoms with Crippen molar-refractivity contribution in [3.05, 3.63) is 47.7 Å². The van der Waals surface area contributed by atoms with Crippen molar-refractivity contribution < 1.29 is 9.59 Å². The lowest BCUT2D eigenvalue weighted by molar-refractivity contribution is -0.119. The summed E-state index contributed by atoms with van der Waals surface area (Å²) >= 11 is 0. The van der Waals surface area contributed by atoms with Gasteiger partial charge in [0.2, 0.25) is 0 Å². The molecule has 1 N–H and O–H groups in total. The standard InChI is InChI=1S/C19H24N2O2Si/c1-14(2)17-20-18(22)16(11-12-24(3,4)5)13-21(17)19(23)15-9-7-6-8-10-15/h6-10,13-14,17H,1-5H3,(H,20,22)/t17-/m0/s1. The van der Waals surface area contributed by atoms with Gasteiger partial charge >= 0.3 is 0 Å². The monoisotopic (exact) mass is 340 g/mol. The van der Waals surface area contributed by atoms with E-state index >= 15 is 0 Å². The first kappa shape index (κ1) is 18.0. The molecule has 5 heteroatoms. The first-order valence-corrected chi connectivity index (χ1v) is 11.6.